The van der Waals surface area contributed by atoms with Gasteiger partial charge in [-0.2, -0.15) is 0 Å². The summed E-state index contributed by atoms with van der Waals surface area (Å²) in [4.78, 5) is 12.0. The molecule has 0 saturated carbocycles. The molecule has 2 rings (SSSR count). The van der Waals surface area contributed by atoms with Crippen molar-refractivity contribution in [1.82, 2.24) is 20.1 Å². The summed E-state index contributed by atoms with van der Waals surface area (Å²) in [6, 6.07) is -0.603. The van der Waals surface area contributed by atoms with Crippen molar-refractivity contribution in [2.75, 3.05) is 0 Å². The Morgan fingerprint density at radius 1 is 1.42 bits per heavy atom. The third-order valence-electron chi connectivity index (χ3n) is 3.45. The smallest absolute Gasteiger partial charge is 0.237 e. The van der Waals surface area contributed by atoms with E-state index in [1.807, 2.05) is 6.92 Å². The monoisotopic (exact) mass is 265 g/mol. The van der Waals surface area contributed by atoms with Crippen LogP contribution in [-0.4, -0.2) is 26.7 Å². The zero-order valence-electron chi connectivity index (χ0n) is 11.9. The van der Waals surface area contributed by atoms with Gasteiger partial charge in [0, 0.05) is 13.0 Å². The number of nitrogens with two attached hydrogens (primary N) is 1. The third-order valence-corrected chi connectivity index (χ3v) is 3.45. The van der Waals surface area contributed by atoms with Crippen LogP contribution in [0.3, 0.4) is 0 Å². The summed E-state index contributed by atoms with van der Waals surface area (Å²) >= 11 is 0. The number of carbonyl (C=O) groups is 1. The van der Waals surface area contributed by atoms with E-state index < -0.39 is 6.04 Å². The van der Waals surface area contributed by atoms with Crippen molar-refractivity contribution in [1.29, 1.82) is 0 Å². The summed E-state index contributed by atoms with van der Waals surface area (Å²) in [5.74, 6) is 2.14. The predicted molar refractivity (Wildman–Crippen MR) is 72.3 cm³/mol. The number of rotatable bonds is 5. The largest absolute Gasteiger partial charge is 0.345 e. The van der Waals surface area contributed by atoms with Crippen molar-refractivity contribution < 1.29 is 4.79 Å². The molecule has 6 heteroatoms. The van der Waals surface area contributed by atoms with Gasteiger partial charge in [0.05, 0.1) is 12.1 Å². The summed E-state index contributed by atoms with van der Waals surface area (Å²) in [7, 11) is 0. The van der Waals surface area contributed by atoms with Crippen LogP contribution in [0.1, 0.15) is 51.3 Å². The van der Waals surface area contributed by atoms with Crippen molar-refractivity contribution in [2.24, 2.45) is 11.7 Å². The first kappa shape index (κ1) is 14.0. The molecular formula is C13H23N5O. The van der Waals surface area contributed by atoms with Gasteiger partial charge in [0.25, 0.3) is 0 Å². The lowest BCUT2D eigenvalue weighted by molar-refractivity contribution is -0.123. The first-order valence-electron chi connectivity index (χ1n) is 6.97. The second-order valence-electron chi connectivity index (χ2n) is 5.70. The van der Waals surface area contributed by atoms with Gasteiger partial charge in [0.2, 0.25) is 5.91 Å². The first-order valence-corrected chi connectivity index (χ1v) is 6.97. The minimum atomic E-state index is -0.455. The minimum absolute atomic E-state index is 0.114. The summed E-state index contributed by atoms with van der Waals surface area (Å²) in [6.07, 6.45) is 2.77. The predicted octanol–water partition coefficient (Wildman–Crippen LogP) is 0.775. The van der Waals surface area contributed by atoms with Crippen LogP contribution in [0.25, 0.3) is 0 Å². The Morgan fingerprint density at radius 3 is 2.84 bits per heavy atom. The highest BCUT2D eigenvalue weighted by Crippen LogP contribution is 2.19. The lowest BCUT2D eigenvalue weighted by Crippen LogP contribution is -2.42. The van der Waals surface area contributed by atoms with E-state index in [-0.39, 0.29) is 11.9 Å². The van der Waals surface area contributed by atoms with Crippen LogP contribution in [0.4, 0.5) is 0 Å². The van der Waals surface area contributed by atoms with Crippen molar-refractivity contribution in [3.05, 3.63) is 11.6 Å². The zero-order chi connectivity index (χ0) is 14.0. The van der Waals surface area contributed by atoms with Crippen LogP contribution in [0, 0.1) is 5.92 Å². The number of nitrogens with zero attached hydrogens (tertiary/aromatic N) is 3. The zero-order valence-corrected chi connectivity index (χ0v) is 11.9. The van der Waals surface area contributed by atoms with Crippen LogP contribution < -0.4 is 11.1 Å². The Bertz CT molecular complexity index is 454. The van der Waals surface area contributed by atoms with Gasteiger partial charge in [-0.3, -0.25) is 4.79 Å². The van der Waals surface area contributed by atoms with Crippen molar-refractivity contribution in [3.8, 4) is 0 Å². The Balaban J connectivity index is 1.97. The van der Waals surface area contributed by atoms with E-state index in [1.165, 1.54) is 0 Å². The third kappa shape index (κ3) is 3.12. The number of amides is 1. The van der Waals surface area contributed by atoms with Crippen LogP contribution >= 0.6 is 0 Å². The summed E-state index contributed by atoms with van der Waals surface area (Å²) in [6.45, 7) is 6.98. The quantitative estimate of drug-likeness (QED) is 0.823. The molecule has 1 aromatic rings. The molecule has 0 saturated heterocycles. The maximum atomic E-state index is 12.0. The number of aryl methyl sites for hydroxylation is 1. The molecule has 1 amide bonds. The molecule has 0 bridgehead atoms. The highest BCUT2D eigenvalue weighted by Gasteiger charge is 2.24. The Labute approximate surface area is 113 Å². The van der Waals surface area contributed by atoms with Gasteiger partial charge in [-0.05, 0) is 25.7 Å². The number of carbonyl (C=O) groups excluding carboxylic acids is 1. The second-order valence-corrected chi connectivity index (χ2v) is 5.70. The standard InChI is InChI=1S/C13H23N5O/c1-8(2)7-10(14)13(19)15-9(3)12-17-16-11-5-4-6-18(11)12/h8-10H,4-7,14H2,1-3H3,(H,15,19)/t9?,10-/m1/s1. The fourth-order valence-corrected chi connectivity index (χ4v) is 2.49. The number of nitrogens with one attached hydrogen (secondary N) is 1. The van der Waals surface area contributed by atoms with E-state index >= 15 is 0 Å². The molecule has 0 radical (unpaired) electrons. The van der Waals surface area contributed by atoms with Gasteiger partial charge >= 0.3 is 0 Å². The lowest BCUT2D eigenvalue weighted by atomic mass is 10.0. The molecule has 0 fully saturated rings. The van der Waals surface area contributed by atoms with Crippen molar-refractivity contribution >= 4 is 5.91 Å². The summed E-state index contributed by atoms with van der Waals surface area (Å²) in [5, 5.41) is 11.2. The minimum Gasteiger partial charge on any atom is -0.345 e. The number of fused-ring (bicyclic) bond motifs is 1. The molecule has 1 aliphatic heterocycles. The molecule has 2 heterocycles. The Hall–Kier alpha value is -1.43. The Morgan fingerprint density at radius 2 is 2.16 bits per heavy atom. The van der Waals surface area contributed by atoms with Gasteiger partial charge in [-0.1, -0.05) is 13.8 Å². The lowest BCUT2D eigenvalue weighted by Gasteiger charge is -2.18. The van der Waals surface area contributed by atoms with Gasteiger partial charge in [-0.25, -0.2) is 0 Å². The molecule has 106 valence electrons. The van der Waals surface area contributed by atoms with E-state index in [9.17, 15) is 4.79 Å². The first-order chi connectivity index (χ1) is 8.99. The maximum Gasteiger partial charge on any atom is 0.237 e. The van der Waals surface area contributed by atoms with E-state index in [4.69, 9.17) is 5.73 Å². The van der Waals surface area contributed by atoms with Crippen LogP contribution in [-0.2, 0) is 17.8 Å². The highest BCUT2D eigenvalue weighted by molar-refractivity contribution is 5.81. The van der Waals surface area contributed by atoms with Crippen LogP contribution in [0.5, 0.6) is 0 Å². The molecular weight excluding hydrogens is 242 g/mol. The number of hydrogen-bond acceptors (Lipinski definition) is 4. The Kier molecular flexibility index (Phi) is 4.19. The van der Waals surface area contributed by atoms with E-state index in [1.54, 1.807) is 0 Å². The average Bonchev–Trinajstić information content (AvgIpc) is 2.88. The molecule has 0 spiro atoms. The van der Waals surface area contributed by atoms with Crippen LogP contribution in [0.2, 0.25) is 0 Å². The molecule has 2 atom stereocenters. The van der Waals surface area contributed by atoms with Crippen molar-refractivity contribution in [3.63, 3.8) is 0 Å². The highest BCUT2D eigenvalue weighted by atomic mass is 16.2. The summed E-state index contributed by atoms with van der Waals surface area (Å²) < 4.78 is 2.10. The van der Waals surface area contributed by atoms with Gasteiger partial charge in [0.1, 0.15) is 5.82 Å². The molecule has 1 aliphatic rings. The second kappa shape index (κ2) is 5.69. The normalized spacial score (nSPS) is 17.3. The van der Waals surface area contributed by atoms with Crippen molar-refractivity contribution in [2.45, 2.75) is 58.7 Å². The van der Waals surface area contributed by atoms with E-state index in [2.05, 4.69) is 33.9 Å². The van der Waals surface area contributed by atoms with Gasteiger partial charge in [0.15, 0.2) is 5.82 Å². The molecule has 3 N–H and O–H groups in total. The molecule has 6 nitrogen and oxygen atoms in total. The molecule has 0 aliphatic carbocycles. The van der Waals surface area contributed by atoms with Crippen LogP contribution in [0.15, 0.2) is 0 Å². The average molecular weight is 265 g/mol. The number of aromatic nitrogens is 3. The fraction of sp³-hybridized carbons (Fsp3) is 0.769. The molecule has 19 heavy (non-hydrogen) atoms. The summed E-state index contributed by atoms with van der Waals surface area (Å²) in [5.41, 5.74) is 5.88. The van der Waals surface area contributed by atoms with Gasteiger partial charge < -0.3 is 15.6 Å². The number of hydrogen-bond donors (Lipinski definition) is 2. The topological polar surface area (TPSA) is 85.8 Å². The molecule has 1 aromatic heterocycles. The molecule has 0 aromatic carbocycles. The van der Waals surface area contributed by atoms with Gasteiger partial charge in [-0.15, -0.1) is 10.2 Å². The van der Waals surface area contributed by atoms with E-state index in [0.717, 1.165) is 31.0 Å². The van der Waals surface area contributed by atoms with E-state index in [0.29, 0.717) is 12.3 Å². The fourth-order valence-electron chi connectivity index (χ4n) is 2.49. The maximum absolute atomic E-state index is 12.0. The molecule has 1 unspecified atom stereocenters. The SMILES string of the molecule is CC(C)C[C@@H](N)C(=O)NC(C)c1nnc2n1CCC2.